The molecule has 7 heteroatoms. The third-order valence-corrected chi connectivity index (χ3v) is 4.29. The van der Waals surface area contributed by atoms with E-state index in [9.17, 15) is 12.8 Å². The van der Waals surface area contributed by atoms with Gasteiger partial charge < -0.3 is 0 Å². The summed E-state index contributed by atoms with van der Waals surface area (Å²) in [5.41, 5.74) is 1.25. The van der Waals surface area contributed by atoms with Crippen LogP contribution in [0.15, 0.2) is 59.9 Å². The standard InChI is InChI=1S/C16H12FN3O2S/c1-23(21,22)14-10-19-16(11-5-7-18-8-6-11)20-15(14)12-3-2-4-13(17)9-12/h2-10H,1H3. The summed E-state index contributed by atoms with van der Waals surface area (Å²) in [5, 5.41) is 0. The zero-order chi connectivity index (χ0) is 16.4. The Morgan fingerprint density at radius 1 is 1.04 bits per heavy atom. The fourth-order valence-corrected chi connectivity index (χ4v) is 2.88. The van der Waals surface area contributed by atoms with Crippen molar-refractivity contribution in [1.82, 2.24) is 15.0 Å². The maximum absolute atomic E-state index is 13.5. The number of benzene rings is 1. The SMILES string of the molecule is CS(=O)(=O)c1cnc(-c2ccncc2)nc1-c1cccc(F)c1. The molecular formula is C16H12FN3O2S. The van der Waals surface area contributed by atoms with Gasteiger partial charge in [0.15, 0.2) is 15.7 Å². The normalized spacial score (nSPS) is 11.4. The zero-order valence-corrected chi connectivity index (χ0v) is 13.0. The lowest BCUT2D eigenvalue weighted by Crippen LogP contribution is -2.04. The van der Waals surface area contributed by atoms with E-state index in [1.807, 2.05) is 0 Å². The highest BCUT2D eigenvalue weighted by molar-refractivity contribution is 7.90. The fourth-order valence-electron chi connectivity index (χ4n) is 2.12. The molecule has 0 aliphatic carbocycles. The molecular weight excluding hydrogens is 317 g/mol. The number of pyridine rings is 1. The lowest BCUT2D eigenvalue weighted by atomic mass is 10.1. The molecule has 116 valence electrons. The lowest BCUT2D eigenvalue weighted by molar-refractivity contribution is 0.601. The molecule has 0 saturated heterocycles. The Balaban J connectivity index is 2.26. The second kappa shape index (κ2) is 5.85. The van der Waals surface area contributed by atoms with Crippen LogP contribution in [0.2, 0.25) is 0 Å². The van der Waals surface area contributed by atoms with Crippen molar-refractivity contribution in [2.24, 2.45) is 0 Å². The topological polar surface area (TPSA) is 72.8 Å². The Labute approximate surface area is 132 Å². The van der Waals surface area contributed by atoms with E-state index in [1.165, 1.54) is 24.4 Å². The third-order valence-electron chi connectivity index (χ3n) is 3.19. The molecule has 0 N–H and O–H groups in total. The Morgan fingerprint density at radius 2 is 1.78 bits per heavy atom. The Kier molecular flexibility index (Phi) is 3.87. The second-order valence-electron chi connectivity index (χ2n) is 4.92. The molecule has 2 heterocycles. The third kappa shape index (κ3) is 3.24. The van der Waals surface area contributed by atoms with Gasteiger partial charge in [0.1, 0.15) is 10.7 Å². The first-order chi connectivity index (χ1) is 10.9. The minimum atomic E-state index is -3.55. The Hall–Kier alpha value is -2.67. The van der Waals surface area contributed by atoms with E-state index < -0.39 is 15.7 Å². The average molecular weight is 329 g/mol. The summed E-state index contributed by atoms with van der Waals surface area (Å²) >= 11 is 0. The van der Waals surface area contributed by atoms with E-state index in [1.54, 1.807) is 30.6 Å². The van der Waals surface area contributed by atoms with Crippen LogP contribution in [0.1, 0.15) is 0 Å². The maximum Gasteiger partial charge on any atom is 0.179 e. The van der Waals surface area contributed by atoms with Crippen molar-refractivity contribution < 1.29 is 12.8 Å². The summed E-state index contributed by atoms with van der Waals surface area (Å²) < 4.78 is 37.5. The molecule has 0 bridgehead atoms. The van der Waals surface area contributed by atoms with Crippen LogP contribution >= 0.6 is 0 Å². The smallest absolute Gasteiger partial charge is 0.179 e. The van der Waals surface area contributed by atoms with E-state index in [0.717, 1.165) is 6.26 Å². The summed E-state index contributed by atoms with van der Waals surface area (Å²) in [4.78, 5) is 12.3. The molecule has 3 aromatic rings. The summed E-state index contributed by atoms with van der Waals surface area (Å²) in [6.45, 7) is 0. The minimum absolute atomic E-state index is 0.0408. The zero-order valence-electron chi connectivity index (χ0n) is 12.1. The quantitative estimate of drug-likeness (QED) is 0.739. The van der Waals surface area contributed by atoms with Gasteiger partial charge in [0, 0.05) is 29.8 Å². The minimum Gasteiger partial charge on any atom is -0.265 e. The number of nitrogens with zero attached hydrogens (tertiary/aromatic N) is 3. The van der Waals surface area contributed by atoms with E-state index in [4.69, 9.17) is 0 Å². The fraction of sp³-hybridized carbons (Fsp3) is 0.0625. The highest BCUT2D eigenvalue weighted by Crippen LogP contribution is 2.27. The Bertz CT molecular complexity index is 960. The van der Waals surface area contributed by atoms with Gasteiger partial charge in [0.05, 0.1) is 11.9 Å². The molecule has 0 aliphatic rings. The molecule has 0 saturated carbocycles. The van der Waals surface area contributed by atoms with Crippen LogP contribution in [0, 0.1) is 5.82 Å². The molecule has 0 radical (unpaired) electrons. The number of aromatic nitrogens is 3. The number of rotatable bonds is 3. The molecule has 2 aromatic heterocycles. The van der Waals surface area contributed by atoms with Gasteiger partial charge in [-0.2, -0.15) is 0 Å². The first kappa shape index (κ1) is 15.2. The van der Waals surface area contributed by atoms with Crippen LogP contribution in [0.5, 0.6) is 0 Å². The number of hydrogen-bond acceptors (Lipinski definition) is 5. The van der Waals surface area contributed by atoms with Gasteiger partial charge in [-0.05, 0) is 24.3 Å². The highest BCUT2D eigenvalue weighted by atomic mass is 32.2. The number of sulfone groups is 1. The molecule has 0 amide bonds. The molecule has 1 aromatic carbocycles. The van der Waals surface area contributed by atoms with Crippen molar-refractivity contribution in [1.29, 1.82) is 0 Å². The van der Waals surface area contributed by atoms with Gasteiger partial charge >= 0.3 is 0 Å². The number of halogens is 1. The highest BCUT2D eigenvalue weighted by Gasteiger charge is 2.18. The summed E-state index contributed by atoms with van der Waals surface area (Å²) in [6, 6.07) is 9.07. The largest absolute Gasteiger partial charge is 0.265 e. The van der Waals surface area contributed by atoms with Crippen molar-refractivity contribution in [3.63, 3.8) is 0 Å². The van der Waals surface area contributed by atoms with Crippen molar-refractivity contribution in [3.05, 3.63) is 60.8 Å². The second-order valence-corrected chi connectivity index (χ2v) is 6.91. The van der Waals surface area contributed by atoms with Gasteiger partial charge in [0.2, 0.25) is 0 Å². The molecule has 0 fully saturated rings. The van der Waals surface area contributed by atoms with Crippen LogP contribution in [-0.2, 0) is 9.84 Å². The lowest BCUT2D eigenvalue weighted by Gasteiger charge is -2.09. The predicted octanol–water partition coefficient (Wildman–Crippen LogP) is 2.75. The molecule has 0 atom stereocenters. The predicted molar refractivity (Wildman–Crippen MR) is 83.8 cm³/mol. The van der Waals surface area contributed by atoms with E-state index in [0.29, 0.717) is 17.0 Å². The molecule has 0 unspecified atom stereocenters. The first-order valence-electron chi connectivity index (χ1n) is 6.68. The molecule has 3 rings (SSSR count). The van der Waals surface area contributed by atoms with Crippen molar-refractivity contribution >= 4 is 9.84 Å². The molecule has 0 aliphatic heterocycles. The van der Waals surface area contributed by atoms with Crippen molar-refractivity contribution in [3.8, 4) is 22.6 Å². The summed E-state index contributed by atoms with van der Waals surface area (Å²) in [7, 11) is -3.55. The van der Waals surface area contributed by atoms with Gasteiger partial charge in [-0.15, -0.1) is 0 Å². The van der Waals surface area contributed by atoms with Crippen LogP contribution in [0.25, 0.3) is 22.6 Å². The Morgan fingerprint density at radius 3 is 2.43 bits per heavy atom. The van der Waals surface area contributed by atoms with E-state index in [-0.39, 0.29) is 10.6 Å². The molecule has 0 spiro atoms. The monoisotopic (exact) mass is 329 g/mol. The van der Waals surface area contributed by atoms with Gasteiger partial charge in [-0.3, -0.25) is 4.98 Å². The van der Waals surface area contributed by atoms with Gasteiger partial charge in [-0.25, -0.2) is 22.8 Å². The van der Waals surface area contributed by atoms with Crippen LogP contribution in [0.3, 0.4) is 0 Å². The summed E-state index contributed by atoms with van der Waals surface area (Å²) in [6.07, 6.45) is 5.50. The van der Waals surface area contributed by atoms with Crippen LogP contribution in [0.4, 0.5) is 4.39 Å². The van der Waals surface area contributed by atoms with Gasteiger partial charge in [-0.1, -0.05) is 12.1 Å². The first-order valence-corrected chi connectivity index (χ1v) is 8.58. The molecule has 23 heavy (non-hydrogen) atoms. The summed E-state index contributed by atoms with van der Waals surface area (Å²) in [5.74, 6) is -0.120. The van der Waals surface area contributed by atoms with Crippen molar-refractivity contribution in [2.75, 3.05) is 6.26 Å². The molecule has 5 nitrogen and oxygen atoms in total. The van der Waals surface area contributed by atoms with Gasteiger partial charge in [0.25, 0.3) is 0 Å². The van der Waals surface area contributed by atoms with Crippen LogP contribution in [-0.4, -0.2) is 29.6 Å². The van der Waals surface area contributed by atoms with Crippen molar-refractivity contribution in [2.45, 2.75) is 4.90 Å². The number of hydrogen-bond donors (Lipinski definition) is 0. The average Bonchev–Trinajstić information content (AvgIpc) is 2.54. The van der Waals surface area contributed by atoms with E-state index >= 15 is 0 Å². The maximum atomic E-state index is 13.5. The van der Waals surface area contributed by atoms with Crippen LogP contribution < -0.4 is 0 Å². The van der Waals surface area contributed by atoms with E-state index in [2.05, 4.69) is 15.0 Å².